The first-order valence-electron chi connectivity index (χ1n) is 30.7. The van der Waals surface area contributed by atoms with Crippen molar-refractivity contribution in [3.05, 3.63) is 76.3 Å². The first-order chi connectivity index (χ1) is 42.8. The van der Waals surface area contributed by atoms with Gasteiger partial charge in [0.2, 0.25) is 35.9 Å². The highest BCUT2D eigenvalue weighted by Gasteiger charge is 2.64. The van der Waals surface area contributed by atoms with Gasteiger partial charge in [-0.3, -0.25) is 28.8 Å². The quantitative estimate of drug-likeness (QED) is 0.0344. The summed E-state index contributed by atoms with van der Waals surface area (Å²) in [4.78, 5) is 123. The number of carbonyl (C=O) groups is 9. The Bertz CT molecular complexity index is 2970. The third kappa shape index (κ3) is 21.2. The average molecular weight is 1300 g/mol. The molecular formula is C64H94ClN9O17. The summed E-state index contributed by atoms with van der Waals surface area (Å²) in [6.07, 6.45) is 0.645. The Balaban J connectivity index is 1.20. The second-order valence-corrected chi connectivity index (χ2v) is 24.9. The molecule has 8 amide bonds. The number of fused-ring (bicyclic) bond motifs is 5. The molecule has 2 saturated heterocycles. The molecule has 3 heterocycles. The number of primary amides is 1. The maximum atomic E-state index is 14.5. The zero-order chi connectivity index (χ0) is 67.7. The van der Waals surface area contributed by atoms with E-state index < -0.39 is 114 Å². The molecule has 0 saturated carbocycles. The Kier molecular flexibility index (Phi) is 27.8. The van der Waals surface area contributed by atoms with E-state index in [0.717, 1.165) is 11.1 Å². The number of ether oxygens (including phenoxy) is 6. The van der Waals surface area contributed by atoms with Crippen molar-refractivity contribution in [3.63, 3.8) is 0 Å². The molecule has 0 aromatic heterocycles. The van der Waals surface area contributed by atoms with Gasteiger partial charge in [0, 0.05) is 84.5 Å². The van der Waals surface area contributed by atoms with Crippen LogP contribution in [0.15, 0.2) is 60.2 Å². The predicted octanol–water partition coefficient (Wildman–Crippen LogP) is 5.13. The monoisotopic (exact) mass is 1300 g/mol. The van der Waals surface area contributed by atoms with Crippen molar-refractivity contribution >= 4 is 76.4 Å². The highest BCUT2D eigenvalue weighted by Crippen LogP contribution is 2.49. The number of anilines is 2. The van der Waals surface area contributed by atoms with E-state index in [1.54, 1.807) is 76.2 Å². The molecule has 2 aromatic carbocycles. The molecule has 3 aliphatic rings. The fourth-order valence-electron chi connectivity index (χ4n) is 10.7. The van der Waals surface area contributed by atoms with Gasteiger partial charge in [-0.1, -0.05) is 82.2 Å². The van der Waals surface area contributed by atoms with Crippen LogP contribution in [-0.4, -0.2) is 182 Å². The number of urea groups is 1. The average Bonchev–Trinajstić information content (AvgIpc) is 1.58. The molecule has 0 aliphatic carbocycles. The number of esters is 1. The highest BCUT2D eigenvalue weighted by atomic mass is 35.5. The van der Waals surface area contributed by atoms with Gasteiger partial charge in [0.1, 0.15) is 59.1 Å². The van der Waals surface area contributed by atoms with E-state index in [9.17, 15) is 53.4 Å². The molecular weight excluding hydrogens is 1200 g/mol. The zero-order valence-electron chi connectivity index (χ0n) is 54.6. The number of rotatable bonds is 26. The molecule has 2 aromatic rings. The maximum Gasteiger partial charge on any atom is 0.409 e. The molecule has 9 N–H and O–H groups in total. The predicted molar refractivity (Wildman–Crippen MR) is 338 cm³/mol. The van der Waals surface area contributed by atoms with Gasteiger partial charge in [0.25, 0.3) is 0 Å². The Morgan fingerprint density at radius 3 is 2.27 bits per heavy atom. The number of ketones is 1. The number of amides is 8. The van der Waals surface area contributed by atoms with Crippen molar-refractivity contribution in [2.24, 2.45) is 23.5 Å². The van der Waals surface area contributed by atoms with E-state index in [2.05, 4.69) is 26.6 Å². The number of Topliss-reactive ketones (excluding diaryl/α,β-unsaturated/α-hetero) is 1. The largest absolute Gasteiger partial charge is 0.495 e. The number of benzene rings is 2. The molecule has 3 aliphatic heterocycles. The van der Waals surface area contributed by atoms with Gasteiger partial charge in [0.05, 0.1) is 31.4 Å². The summed E-state index contributed by atoms with van der Waals surface area (Å²) < 4.78 is 35.3. The van der Waals surface area contributed by atoms with Crippen LogP contribution in [0, 0.1) is 17.8 Å². The van der Waals surface area contributed by atoms with Crippen LogP contribution >= 0.6 is 11.6 Å². The van der Waals surface area contributed by atoms with Crippen molar-refractivity contribution in [1.29, 1.82) is 0 Å². The lowest BCUT2D eigenvalue weighted by Gasteiger charge is -2.44. The standard InChI is InChI=1S/C64H94ClN9O17/c1-36(2)46(75)20-14-15-22-51(76)70-55(37(3)4)58(80)69-44(19-17-28-67-60(66)82)57(79)68-43-25-23-41(24-26-43)35-88-62(84)72(9)29-27-52(77)73(10)40(7)59(81)90-50-33-53(78)74(11)45-31-42(32-47(86-12)54(45)65)30-38(5)18-16-21-49(87-13)64(85)34-48(89-61(83)71-64)39(6)56-63(50,8)91-56/h16,18,21,23-26,31-32,36-37,39-40,44,48-50,55-56,61,71,83,85H,14-15,17,19-20,22,27-30,33-35H2,1-13H3,(H,68,79)(H,69,80)(H,70,76)(H3,66,67,82)/b21-16+,38-18+/t39-,40+,44+,48+,49-,50+,55+,56+,61?,63+,64+/m1/s1. The van der Waals surface area contributed by atoms with E-state index in [1.807, 2.05) is 26.8 Å². The lowest BCUT2D eigenvalue weighted by atomic mass is 9.83. The Morgan fingerprint density at radius 1 is 0.956 bits per heavy atom. The third-order valence-corrected chi connectivity index (χ3v) is 17.1. The van der Waals surface area contributed by atoms with E-state index in [0.29, 0.717) is 48.4 Å². The summed E-state index contributed by atoms with van der Waals surface area (Å²) in [5.41, 5.74) is 4.96. The van der Waals surface area contributed by atoms with Crippen LogP contribution in [0.1, 0.15) is 124 Å². The maximum absolute atomic E-state index is 14.5. The van der Waals surface area contributed by atoms with E-state index in [1.165, 1.54) is 57.0 Å². The number of nitrogens with zero attached hydrogens (tertiary/aromatic N) is 3. The third-order valence-electron chi connectivity index (χ3n) is 16.8. The van der Waals surface area contributed by atoms with Crippen LogP contribution in [0.25, 0.3) is 0 Å². The number of carbonyl (C=O) groups excluding carboxylic acids is 9. The number of hydrogen-bond acceptors (Lipinski definition) is 18. The second-order valence-electron chi connectivity index (χ2n) is 24.5. The minimum absolute atomic E-state index is 0.0652. The Hall–Kier alpha value is -7.20. The van der Waals surface area contributed by atoms with Gasteiger partial charge < -0.3 is 80.3 Å². The van der Waals surface area contributed by atoms with Crippen LogP contribution in [0.2, 0.25) is 5.02 Å². The van der Waals surface area contributed by atoms with Crippen molar-refractivity contribution in [2.45, 2.75) is 186 Å². The highest BCUT2D eigenvalue weighted by molar-refractivity contribution is 6.35. The molecule has 5 rings (SSSR count). The summed E-state index contributed by atoms with van der Waals surface area (Å²) in [5.74, 6) is -4.01. The Morgan fingerprint density at radius 2 is 1.64 bits per heavy atom. The zero-order valence-corrected chi connectivity index (χ0v) is 55.3. The normalized spacial score (nSPS) is 24.4. The van der Waals surface area contributed by atoms with Crippen LogP contribution in [-0.2, 0) is 70.3 Å². The number of methoxy groups -OCH3 is 2. The van der Waals surface area contributed by atoms with Crippen LogP contribution in [0.4, 0.5) is 21.0 Å². The molecule has 91 heavy (non-hydrogen) atoms. The number of halogens is 1. The lowest BCUT2D eigenvalue weighted by molar-refractivity contribution is -0.271. The lowest BCUT2D eigenvalue weighted by Crippen LogP contribution is -2.65. The van der Waals surface area contributed by atoms with Crippen molar-refractivity contribution in [2.75, 3.05) is 58.7 Å². The molecule has 4 bridgehead atoms. The van der Waals surface area contributed by atoms with Gasteiger partial charge in [-0.15, -0.1) is 0 Å². The van der Waals surface area contributed by atoms with E-state index in [4.69, 9.17) is 45.8 Å². The SMILES string of the molecule is COc1cc2cc(c1Cl)N(C)C(=O)C[C@H](OC(=O)[C@H](C)N(C)C(=O)CCN(C)C(=O)OCc1ccc(NC(=O)[C@H](CCCNC(N)=O)NC(=O)[C@@H](NC(=O)CCCCC(=O)C(C)C)C(C)C)cc1)[C@]1(C)O[C@H]1[C@H](C)[C@@H]1C[C@@](O)(NC(O)O1)[C@H](OC)/C=C/C=C(\C)C2. The molecule has 504 valence electrons. The number of allylic oxidation sites excluding steroid dienone is 3. The summed E-state index contributed by atoms with van der Waals surface area (Å²) in [7, 11) is 7.27. The summed E-state index contributed by atoms with van der Waals surface area (Å²) in [5, 5.41) is 36.4. The number of unbranched alkanes of at least 4 members (excludes halogenated alkanes) is 1. The fourth-order valence-corrected chi connectivity index (χ4v) is 11.0. The molecule has 27 heteroatoms. The molecule has 11 atom stereocenters. The van der Waals surface area contributed by atoms with Crippen molar-refractivity contribution in [1.82, 2.24) is 31.1 Å². The summed E-state index contributed by atoms with van der Waals surface area (Å²) in [6.45, 7) is 13.8. The van der Waals surface area contributed by atoms with Gasteiger partial charge in [-0.25, -0.2) is 19.7 Å². The van der Waals surface area contributed by atoms with Gasteiger partial charge in [-0.2, -0.15) is 0 Å². The first kappa shape index (κ1) is 74.5. The van der Waals surface area contributed by atoms with Gasteiger partial charge in [-0.05, 0) is 94.2 Å². The Labute approximate surface area is 537 Å². The van der Waals surface area contributed by atoms with Crippen LogP contribution < -0.4 is 42.0 Å². The second kappa shape index (κ2) is 33.9. The minimum atomic E-state index is -1.81. The summed E-state index contributed by atoms with van der Waals surface area (Å²) in [6, 6.07) is 5.87. The molecule has 0 spiro atoms. The first-order valence-corrected chi connectivity index (χ1v) is 31.1. The van der Waals surface area contributed by atoms with Crippen molar-refractivity contribution in [3.8, 4) is 5.75 Å². The van der Waals surface area contributed by atoms with Crippen LogP contribution in [0.3, 0.4) is 0 Å². The molecule has 2 fully saturated rings. The number of epoxide rings is 1. The van der Waals surface area contributed by atoms with Gasteiger partial charge in [0.15, 0.2) is 5.72 Å². The molecule has 26 nitrogen and oxygen atoms in total. The number of aliphatic hydroxyl groups is 2. The smallest absolute Gasteiger partial charge is 0.409 e. The summed E-state index contributed by atoms with van der Waals surface area (Å²) >= 11 is 6.84. The van der Waals surface area contributed by atoms with Gasteiger partial charge >= 0.3 is 18.1 Å². The number of hydrogen-bond donors (Lipinski definition) is 8. The van der Waals surface area contributed by atoms with E-state index in [-0.39, 0.29) is 80.3 Å². The topological polar surface area (TPSA) is 349 Å². The minimum Gasteiger partial charge on any atom is -0.495 e. The number of likely N-dealkylation sites (N-methyl/N-ethyl adjacent to an activating group) is 1. The number of nitrogens with two attached hydrogens (primary N) is 1. The number of nitrogens with one attached hydrogen (secondary N) is 5. The molecule has 0 radical (unpaired) electrons. The van der Waals surface area contributed by atoms with Crippen LogP contribution in [0.5, 0.6) is 5.75 Å². The van der Waals surface area contributed by atoms with Crippen molar-refractivity contribution < 1.29 is 81.8 Å². The van der Waals surface area contributed by atoms with E-state index >= 15 is 0 Å². The number of aliphatic hydroxyl groups excluding tert-OH is 1. The molecule has 1 unspecified atom stereocenters. The fraction of sp³-hybridized carbons (Fsp3) is 0.609.